The van der Waals surface area contributed by atoms with E-state index in [-0.39, 0.29) is 67.4 Å². The van der Waals surface area contributed by atoms with Gasteiger partial charge in [-0.3, -0.25) is 0 Å². The van der Waals surface area contributed by atoms with Crippen molar-refractivity contribution < 1.29 is 81.8 Å². The van der Waals surface area contributed by atoms with Gasteiger partial charge in [0.2, 0.25) is 0 Å². The van der Waals surface area contributed by atoms with E-state index in [1.54, 1.807) is 0 Å². The number of halogens is 2. The van der Waals surface area contributed by atoms with Gasteiger partial charge in [-0.25, -0.2) is 0 Å². The summed E-state index contributed by atoms with van der Waals surface area (Å²) in [6.45, 7) is 6.00. The van der Waals surface area contributed by atoms with Gasteiger partial charge in [0, 0.05) is 0 Å². The fourth-order valence-electron chi connectivity index (χ4n) is 0. The Balaban J connectivity index is -0.00000000321. The third kappa shape index (κ3) is 383. The molecule has 9 heavy (non-hydrogen) atoms. The van der Waals surface area contributed by atoms with Crippen LogP contribution in [0.25, 0.3) is 0 Å². The van der Waals surface area contributed by atoms with Crippen LogP contribution in [0, 0.1) is 0 Å². The summed E-state index contributed by atoms with van der Waals surface area (Å²) in [6.07, 6.45) is 0. The van der Waals surface area contributed by atoms with Crippen molar-refractivity contribution in [2.45, 2.75) is 0 Å². The van der Waals surface area contributed by atoms with Gasteiger partial charge in [0.05, 0.1) is 0 Å². The van der Waals surface area contributed by atoms with E-state index in [0.717, 1.165) is 0 Å². The van der Waals surface area contributed by atoms with Gasteiger partial charge in [0.1, 0.15) is 20.4 Å². The van der Waals surface area contributed by atoms with E-state index in [0.29, 0.717) is 0 Å². The van der Waals surface area contributed by atoms with Crippen molar-refractivity contribution in [3.8, 4) is 0 Å². The minimum atomic E-state index is 0. The van der Waals surface area contributed by atoms with Crippen molar-refractivity contribution in [1.82, 2.24) is 0 Å². The summed E-state index contributed by atoms with van der Waals surface area (Å²) in [5, 5.41) is 0. The topological polar surface area (TPSA) is 51.2 Å². The van der Waals surface area contributed by atoms with E-state index in [1.165, 1.54) is 0 Å². The van der Waals surface area contributed by atoms with Crippen molar-refractivity contribution in [2.75, 3.05) is 0 Å². The first kappa shape index (κ1) is 49.8. The number of carbonyl (C=O) groups is 3. The quantitative estimate of drug-likeness (QED) is 0.275. The van der Waals surface area contributed by atoms with Gasteiger partial charge in [0.25, 0.3) is 0 Å². The molecule has 0 aromatic rings. The molecule has 59 valence electrons. The second-order valence-corrected chi connectivity index (χ2v) is 0. The first-order valence-electron chi connectivity index (χ1n) is 0.866. The van der Waals surface area contributed by atoms with Crippen LogP contribution in [0.4, 0.5) is 0 Å². The van der Waals surface area contributed by atoms with E-state index in [9.17, 15) is 0 Å². The summed E-state index contributed by atoms with van der Waals surface area (Å²) in [5.74, 6) is 0. The van der Waals surface area contributed by atoms with Gasteiger partial charge >= 0.3 is 19.5 Å². The molecule has 6 heteroatoms. The molecule has 0 saturated heterocycles. The Kier molecular flexibility index (Phi) is 2760. The van der Waals surface area contributed by atoms with E-state index in [1.807, 2.05) is 20.4 Å². The Morgan fingerprint density at radius 2 is 0.556 bits per heavy atom. The number of hydrogen-bond acceptors (Lipinski definition) is 3. The number of hydrogen-bond donors (Lipinski definition) is 0. The molecule has 0 N–H and O–H groups in total. The smallest absolute Gasteiger partial charge is 1.00 e. The second-order valence-electron chi connectivity index (χ2n) is 0. The van der Waals surface area contributed by atoms with Crippen molar-refractivity contribution in [2.24, 2.45) is 0 Å². The van der Waals surface area contributed by atoms with Crippen molar-refractivity contribution in [3.05, 3.63) is 0 Å². The zero-order valence-corrected chi connectivity index (χ0v) is 10.4. The molecule has 0 bridgehead atoms. The fraction of sp³-hybridized carbons (Fsp3) is 0. The standard InChI is InChI=1S/3CH2O.2HI.Rh/c3*1-2;;;/h3*1H2;2*1H;/q;;;;;+2/p-2. The Morgan fingerprint density at radius 3 is 0.556 bits per heavy atom. The summed E-state index contributed by atoms with van der Waals surface area (Å²) in [7, 11) is 0. The molecule has 0 aliphatic rings. The summed E-state index contributed by atoms with van der Waals surface area (Å²) in [6, 6.07) is 0. The molecule has 3 nitrogen and oxygen atoms in total. The van der Waals surface area contributed by atoms with E-state index in [2.05, 4.69) is 0 Å². The Bertz CT molecular complexity index is 21.8. The molecule has 0 heterocycles. The number of rotatable bonds is 0. The van der Waals surface area contributed by atoms with E-state index in [4.69, 9.17) is 14.4 Å². The molecule has 0 rings (SSSR count). The first-order valence-corrected chi connectivity index (χ1v) is 0.866. The van der Waals surface area contributed by atoms with Crippen LogP contribution < -0.4 is 48.0 Å². The fourth-order valence-corrected chi connectivity index (χ4v) is 0. The second kappa shape index (κ2) is 498. The average Bonchev–Trinajstić information content (AvgIpc) is 1.81. The zero-order chi connectivity index (χ0) is 6.00. The van der Waals surface area contributed by atoms with Crippen LogP contribution in [0.3, 0.4) is 0 Å². The Labute approximate surface area is 101 Å². The first-order chi connectivity index (χ1) is 3.00. The maximum absolute atomic E-state index is 8.00. The summed E-state index contributed by atoms with van der Waals surface area (Å²) < 4.78 is 0. The van der Waals surface area contributed by atoms with Gasteiger partial charge in [-0.2, -0.15) is 0 Å². The summed E-state index contributed by atoms with van der Waals surface area (Å²) >= 11 is 0. The van der Waals surface area contributed by atoms with Crippen LogP contribution >= 0.6 is 0 Å². The molecule has 0 atom stereocenters. The molecular formula is C3H6I2O3Rh. The van der Waals surface area contributed by atoms with Crippen molar-refractivity contribution >= 4 is 20.4 Å². The van der Waals surface area contributed by atoms with E-state index < -0.39 is 0 Å². The molecule has 0 spiro atoms. The molecule has 0 aromatic heterocycles. The van der Waals surface area contributed by atoms with Crippen LogP contribution in [-0.4, -0.2) is 20.4 Å². The van der Waals surface area contributed by atoms with Crippen LogP contribution in [0.1, 0.15) is 0 Å². The monoisotopic (exact) mass is 447 g/mol. The largest absolute Gasteiger partial charge is 2.00 e. The third-order valence-electron chi connectivity index (χ3n) is 0. The predicted octanol–water partition coefficient (Wildman–Crippen LogP) is -6.55. The van der Waals surface area contributed by atoms with Crippen molar-refractivity contribution in [3.63, 3.8) is 0 Å². The molecule has 0 saturated carbocycles. The maximum atomic E-state index is 8.00. The molecule has 0 unspecified atom stereocenters. The zero-order valence-electron chi connectivity index (χ0n) is 4.44. The van der Waals surface area contributed by atoms with Gasteiger partial charge in [-0.1, -0.05) is 0 Å². The Morgan fingerprint density at radius 1 is 0.556 bits per heavy atom. The van der Waals surface area contributed by atoms with Gasteiger partial charge in [0.15, 0.2) is 0 Å². The molecule has 0 amide bonds. The van der Waals surface area contributed by atoms with Crippen LogP contribution in [0.15, 0.2) is 0 Å². The minimum Gasteiger partial charge on any atom is -1.00 e. The molecule has 0 fully saturated rings. The van der Waals surface area contributed by atoms with Gasteiger partial charge < -0.3 is 62.3 Å². The summed E-state index contributed by atoms with van der Waals surface area (Å²) in [5.41, 5.74) is 0. The Hall–Kier alpha value is 1.09. The van der Waals surface area contributed by atoms with Crippen LogP contribution in [-0.2, 0) is 33.9 Å². The normalized spacial score (nSPS) is 1.33. The predicted molar refractivity (Wildman–Crippen MR) is 21.4 cm³/mol. The molecular weight excluding hydrogens is 441 g/mol. The van der Waals surface area contributed by atoms with Crippen LogP contribution in [0.5, 0.6) is 0 Å². The molecule has 0 aliphatic carbocycles. The average molecular weight is 447 g/mol. The molecule has 1 radical (unpaired) electrons. The SMILES string of the molecule is C=O.C=O.C=O.[I-].[I-].[Rh+2]. The summed E-state index contributed by atoms with van der Waals surface area (Å²) in [4.78, 5) is 24.0. The maximum Gasteiger partial charge on any atom is 2.00 e. The minimum absolute atomic E-state index is 0. The number of carbonyl (C=O) groups excluding carboxylic acids is 3. The van der Waals surface area contributed by atoms with Crippen LogP contribution in [0.2, 0.25) is 0 Å². The third-order valence-corrected chi connectivity index (χ3v) is 0. The van der Waals surface area contributed by atoms with E-state index >= 15 is 0 Å². The van der Waals surface area contributed by atoms with Gasteiger partial charge in [-0.15, -0.1) is 0 Å². The molecule has 0 aromatic carbocycles. The molecule has 0 aliphatic heterocycles. The van der Waals surface area contributed by atoms with Gasteiger partial charge in [-0.05, 0) is 0 Å². The van der Waals surface area contributed by atoms with Crippen molar-refractivity contribution in [1.29, 1.82) is 0 Å².